The second-order valence-electron chi connectivity index (χ2n) is 2.03. The highest BCUT2D eigenvalue weighted by Crippen LogP contribution is 2.35. The van der Waals surface area contributed by atoms with Crippen LogP contribution in [0.3, 0.4) is 0 Å². The molecule has 0 fully saturated rings. The molecule has 0 rings (SSSR count). The Hall–Kier alpha value is 0.300. The lowest BCUT2D eigenvalue weighted by atomic mass is 10.2. The number of alkyl halides is 3. The number of ether oxygens (including phenoxy) is 1. The van der Waals surface area contributed by atoms with Gasteiger partial charge in [0, 0.05) is 0 Å². The van der Waals surface area contributed by atoms with Gasteiger partial charge >= 0.3 is 5.97 Å². The molecule has 3 nitrogen and oxygen atoms in total. The van der Waals surface area contributed by atoms with Gasteiger partial charge in [0.15, 0.2) is 0 Å². The predicted molar refractivity (Wildman–Crippen MR) is 47.5 cm³/mol. The monoisotopic (exact) mass is 234 g/mol. The normalized spacial score (nSPS) is 14.1. The summed E-state index contributed by atoms with van der Waals surface area (Å²) in [4.78, 5) is 11.0. The molecule has 1 N–H and O–H groups in total. The number of carbonyl (C=O) groups excluding carboxylic acids is 1. The van der Waals surface area contributed by atoms with Crippen LogP contribution in [0, 0.1) is 5.92 Å². The lowest BCUT2D eigenvalue weighted by Gasteiger charge is -2.19. The summed E-state index contributed by atoms with van der Waals surface area (Å²) in [5.74, 6) is -1.83. The third-order valence-electron chi connectivity index (χ3n) is 1.15. The van der Waals surface area contributed by atoms with Gasteiger partial charge in [0.25, 0.3) is 0 Å². The van der Waals surface area contributed by atoms with E-state index in [1.165, 1.54) is 0 Å². The maximum atomic E-state index is 11.0. The molecule has 6 heteroatoms. The standard InChI is InChI=1S/C6H9Cl3O3/c1-2-12-5(11)4(3-10)6(7,8)9/h4,10H,2-3H2,1H3. The number of halogens is 3. The Morgan fingerprint density at radius 1 is 1.58 bits per heavy atom. The molecular weight excluding hydrogens is 226 g/mol. The zero-order valence-corrected chi connectivity index (χ0v) is 8.66. The molecular formula is C6H9Cl3O3. The van der Waals surface area contributed by atoms with Gasteiger partial charge < -0.3 is 9.84 Å². The maximum Gasteiger partial charge on any atom is 0.315 e. The van der Waals surface area contributed by atoms with Gasteiger partial charge in [-0.25, -0.2) is 0 Å². The van der Waals surface area contributed by atoms with Gasteiger partial charge in [-0.2, -0.15) is 0 Å². The first-order valence-corrected chi connectivity index (χ1v) is 4.41. The van der Waals surface area contributed by atoms with Crippen molar-refractivity contribution in [2.75, 3.05) is 13.2 Å². The molecule has 0 aromatic rings. The Bertz CT molecular complexity index is 155. The number of aliphatic hydroxyl groups is 1. The van der Waals surface area contributed by atoms with E-state index < -0.39 is 22.3 Å². The third-order valence-corrected chi connectivity index (χ3v) is 1.94. The molecule has 12 heavy (non-hydrogen) atoms. The summed E-state index contributed by atoms with van der Waals surface area (Å²) in [6.07, 6.45) is 0. The minimum absolute atomic E-state index is 0.191. The zero-order valence-electron chi connectivity index (χ0n) is 6.39. The number of hydrogen-bond donors (Lipinski definition) is 1. The molecule has 0 bridgehead atoms. The van der Waals surface area contributed by atoms with Gasteiger partial charge in [-0.1, -0.05) is 34.8 Å². The molecule has 0 aliphatic rings. The van der Waals surface area contributed by atoms with Crippen molar-refractivity contribution in [2.45, 2.75) is 10.7 Å². The van der Waals surface area contributed by atoms with Gasteiger partial charge in [-0.3, -0.25) is 4.79 Å². The van der Waals surface area contributed by atoms with Crippen LogP contribution < -0.4 is 0 Å². The van der Waals surface area contributed by atoms with Crippen LogP contribution in [0.4, 0.5) is 0 Å². The van der Waals surface area contributed by atoms with E-state index in [1.807, 2.05) is 0 Å². The lowest BCUT2D eigenvalue weighted by Crippen LogP contribution is -2.32. The number of aliphatic hydroxyl groups excluding tert-OH is 1. The minimum atomic E-state index is -1.82. The Balaban J connectivity index is 4.25. The number of esters is 1. The predicted octanol–water partition coefficient (Wildman–Crippen LogP) is 1.53. The quantitative estimate of drug-likeness (QED) is 0.596. The Kier molecular flexibility index (Phi) is 5.25. The van der Waals surface area contributed by atoms with Gasteiger partial charge in [0.2, 0.25) is 3.79 Å². The minimum Gasteiger partial charge on any atom is -0.466 e. The molecule has 0 saturated carbocycles. The molecule has 0 aliphatic heterocycles. The SMILES string of the molecule is CCOC(=O)C(CO)C(Cl)(Cl)Cl. The third kappa shape index (κ3) is 3.81. The smallest absolute Gasteiger partial charge is 0.315 e. The summed E-state index contributed by atoms with van der Waals surface area (Å²) >= 11 is 16.2. The van der Waals surface area contributed by atoms with Crippen LogP contribution in [0.25, 0.3) is 0 Å². The second-order valence-corrected chi connectivity index (χ2v) is 4.40. The number of rotatable bonds is 3. The summed E-state index contributed by atoms with van der Waals surface area (Å²) in [6.45, 7) is 1.27. The van der Waals surface area contributed by atoms with Crippen molar-refractivity contribution < 1.29 is 14.6 Å². The highest BCUT2D eigenvalue weighted by Gasteiger charge is 2.38. The Labute approximate surface area is 85.5 Å². The fourth-order valence-electron chi connectivity index (χ4n) is 0.555. The topological polar surface area (TPSA) is 46.5 Å². The molecule has 0 radical (unpaired) electrons. The Morgan fingerprint density at radius 2 is 2.08 bits per heavy atom. The van der Waals surface area contributed by atoms with Crippen molar-refractivity contribution in [3.63, 3.8) is 0 Å². The van der Waals surface area contributed by atoms with Gasteiger partial charge in [0.05, 0.1) is 13.2 Å². The van der Waals surface area contributed by atoms with E-state index in [2.05, 4.69) is 4.74 Å². The summed E-state index contributed by atoms with van der Waals surface area (Å²) < 4.78 is 2.75. The van der Waals surface area contributed by atoms with Crippen LogP contribution in [0.15, 0.2) is 0 Å². The maximum absolute atomic E-state index is 11.0. The largest absolute Gasteiger partial charge is 0.466 e. The van der Waals surface area contributed by atoms with E-state index in [-0.39, 0.29) is 6.61 Å². The van der Waals surface area contributed by atoms with Gasteiger partial charge in [0.1, 0.15) is 5.92 Å². The van der Waals surface area contributed by atoms with Crippen LogP contribution in [0.5, 0.6) is 0 Å². The second kappa shape index (κ2) is 5.12. The average Bonchev–Trinajstić information content (AvgIpc) is 1.85. The van der Waals surface area contributed by atoms with E-state index in [0.29, 0.717) is 0 Å². The first-order valence-electron chi connectivity index (χ1n) is 3.27. The van der Waals surface area contributed by atoms with Crippen LogP contribution in [0.1, 0.15) is 6.92 Å². The van der Waals surface area contributed by atoms with E-state index in [4.69, 9.17) is 39.9 Å². The molecule has 0 aromatic heterocycles. The lowest BCUT2D eigenvalue weighted by molar-refractivity contribution is -0.149. The van der Waals surface area contributed by atoms with Crippen molar-refractivity contribution in [3.05, 3.63) is 0 Å². The van der Waals surface area contributed by atoms with E-state index >= 15 is 0 Å². The van der Waals surface area contributed by atoms with Gasteiger partial charge in [-0.15, -0.1) is 0 Å². The first-order chi connectivity index (χ1) is 5.43. The summed E-state index contributed by atoms with van der Waals surface area (Å²) in [5.41, 5.74) is 0. The Morgan fingerprint density at radius 3 is 2.33 bits per heavy atom. The van der Waals surface area contributed by atoms with Crippen LogP contribution >= 0.6 is 34.8 Å². The summed E-state index contributed by atoms with van der Waals surface area (Å²) in [5, 5.41) is 8.70. The summed E-state index contributed by atoms with van der Waals surface area (Å²) in [7, 11) is 0. The zero-order chi connectivity index (χ0) is 9.78. The molecule has 0 heterocycles. The molecule has 1 unspecified atom stereocenters. The summed E-state index contributed by atoms with van der Waals surface area (Å²) in [6, 6.07) is 0. The number of hydrogen-bond acceptors (Lipinski definition) is 3. The fourth-order valence-corrected chi connectivity index (χ4v) is 1.03. The van der Waals surface area contributed by atoms with Gasteiger partial charge in [-0.05, 0) is 6.92 Å². The van der Waals surface area contributed by atoms with Crippen molar-refractivity contribution in [3.8, 4) is 0 Å². The molecule has 0 saturated heterocycles. The van der Waals surface area contributed by atoms with Crippen LogP contribution in [-0.4, -0.2) is 28.1 Å². The molecule has 0 aliphatic carbocycles. The molecule has 0 amide bonds. The molecule has 72 valence electrons. The van der Waals surface area contributed by atoms with Crippen LogP contribution in [0.2, 0.25) is 0 Å². The number of carbonyl (C=O) groups is 1. The fraction of sp³-hybridized carbons (Fsp3) is 0.833. The average molecular weight is 235 g/mol. The molecule has 0 aromatic carbocycles. The highest BCUT2D eigenvalue weighted by molar-refractivity contribution is 6.68. The molecule has 0 spiro atoms. The highest BCUT2D eigenvalue weighted by atomic mass is 35.6. The van der Waals surface area contributed by atoms with E-state index in [1.54, 1.807) is 6.92 Å². The van der Waals surface area contributed by atoms with E-state index in [9.17, 15) is 4.79 Å². The molecule has 1 atom stereocenters. The first kappa shape index (κ1) is 12.3. The van der Waals surface area contributed by atoms with E-state index in [0.717, 1.165) is 0 Å². The van der Waals surface area contributed by atoms with Crippen LogP contribution in [-0.2, 0) is 9.53 Å². The van der Waals surface area contributed by atoms with Crippen molar-refractivity contribution in [1.29, 1.82) is 0 Å². The van der Waals surface area contributed by atoms with Crippen molar-refractivity contribution in [2.24, 2.45) is 5.92 Å². The van der Waals surface area contributed by atoms with Crippen molar-refractivity contribution in [1.82, 2.24) is 0 Å². The van der Waals surface area contributed by atoms with Crippen molar-refractivity contribution >= 4 is 40.8 Å².